The van der Waals surface area contributed by atoms with Gasteiger partial charge in [-0.1, -0.05) is 6.92 Å². The summed E-state index contributed by atoms with van der Waals surface area (Å²) in [7, 11) is 1.90. The molecule has 19 heavy (non-hydrogen) atoms. The normalized spacial score (nSPS) is 11.6. The van der Waals surface area contributed by atoms with Gasteiger partial charge in [0.05, 0.1) is 5.69 Å². The van der Waals surface area contributed by atoms with Crippen molar-refractivity contribution in [2.75, 3.05) is 6.54 Å². The molecule has 0 aliphatic carbocycles. The van der Waals surface area contributed by atoms with Crippen molar-refractivity contribution in [3.63, 3.8) is 0 Å². The summed E-state index contributed by atoms with van der Waals surface area (Å²) in [4.78, 5) is 11.7. The summed E-state index contributed by atoms with van der Waals surface area (Å²) in [5, 5.41) is 10.6. The highest BCUT2D eigenvalue weighted by molar-refractivity contribution is 5.76. The van der Waals surface area contributed by atoms with E-state index in [4.69, 9.17) is 0 Å². The Morgan fingerprint density at radius 2 is 2.11 bits per heavy atom. The number of aryl methyl sites for hydroxylation is 2. The highest BCUT2D eigenvalue weighted by Gasteiger charge is 2.10. The monoisotopic (exact) mass is 266 g/mol. The van der Waals surface area contributed by atoms with Crippen LogP contribution < -0.4 is 10.6 Å². The van der Waals surface area contributed by atoms with E-state index in [9.17, 15) is 4.79 Å². The minimum atomic E-state index is 0.0546. The van der Waals surface area contributed by atoms with Gasteiger partial charge in [0.15, 0.2) is 0 Å². The summed E-state index contributed by atoms with van der Waals surface area (Å²) in [6.07, 6.45) is 3.35. The molecule has 0 radical (unpaired) electrons. The van der Waals surface area contributed by atoms with Gasteiger partial charge in [0.1, 0.15) is 0 Å². The largest absolute Gasteiger partial charge is 0.352 e. The second kappa shape index (κ2) is 6.70. The molecule has 0 fully saturated rings. The maximum Gasteiger partial charge on any atom is 0.221 e. The third-order valence-electron chi connectivity index (χ3n) is 2.81. The van der Waals surface area contributed by atoms with E-state index in [0.29, 0.717) is 19.5 Å². The summed E-state index contributed by atoms with van der Waals surface area (Å²) in [6.45, 7) is 9.60. The number of hydrogen-bond donors (Lipinski definition) is 2. The number of aromatic nitrogens is 2. The Balaban J connectivity index is 2.34. The molecule has 0 aliphatic rings. The first-order valence-corrected chi connectivity index (χ1v) is 6.85. The SMILES string of the molecule is CCc1nn(C)cc1CNC(=O)CCNC(C)(C)C. The molecular weight excluding hydrogens is 240 g/mol. The van der Waals surface area contributed by atoms with Gasteiger partial charge in [0, 0.05) is 43.9 Å². The highest BCUT2D eigenvalue weighted by Crippen LogP contribution is 2.06. The number of carbonyl (C=O) groups excluding carboxylic acids is 1. The van der Waals surface area contributed by atoms with Crippen LogP contribution in [-0.2, 0) is 24.8 Å². The molecule has 0 saturated carbocycles. The average molecular weight is 266 g/mol. The van der Waals surface area contributed by atoms with E-state index in [1.54, 1.807) is 4.68 Å². The Hall–Kier alpha value is -1.36. The summed E-state index contributed by atoms with van der Waals surface area (Å²) in [5.41, 5.74) is 2.21. The van der Waals surface area contributed by atoms with E-state index < -0.39 is 0 Å². The van der Waals surface area contributed by atoms with Crippen LogP contribution in [-0.4, -0.2) is 27.8 Å². The molecule has 0 aliphatic heterocycles. The van der Waals surface area contributed by atoms with Gasteiger partial charge in [-0.2, -0.15) is 5.10 Å². The van der Waals surface area contributed by atoms with Crippen LogP contribution >= 0.6 is 0 Å². The summed E-state index contributed by atoms with van der Waals surface area (Å²) < 4.78 is 1.79. The molecule has 1 aromatic heterocycles. The van der Waals surface area contributed by atoms with Gasteiger partial charge in [-0.25, -0.2) is 0 Å². The van der Waals surface area contributed by atoms with E-state index in [0.717, 1.165) is 17.7 Å². The molecule has 1 amide bonds. The lowest BCUT2D eigenvalue weighted by molar-refractivity contribution is -0.121. The number of amides is 1. The van der Waals surface area contributed by atoms with Crippen LogP contribution in [0.15, 0.2) is 6.20 Å². The predicted octanol–water partition coefficient (Wildman–Crippen LogP) is 1.38. The van der Waals surface area contributed by atoms with Crippen LogP contribution in [0.3, 0.4) is 0 Å². The molecule has 0 aromatic carbocycles. The van der Waals surface area contributed by atoms with Gasteiger partial charge in [0.2, 0.25) is 5.91 Å². The van der Waals surface area contributed by atoms with E-state index >= 15 is 0 Å². The number of hydrogen-bond acceptors (Lipinski definition) is 3. The lowest BCUT2D eigenvalue weighted by Crippen LogP contribution is -2.38. The third-order valence-corrected chi connectivity index (χ3v) is 2.81. The topological polar surface area (TPSA) is 59.0 Å². The number of nitrogens with one attached hydrogen (secondary N) is 2. The van der Waals surface area contributed by atoms with Crippen LogP contribution in [0.25, 0.3) is 0 Å². The molecule has 108 valence electrons. The van der Waals surface area contributed by atoms with E-state index in [1.807, 2.05) is 13.2 Å². The average Bonchev–Trinajstić information content (AvgIpc) is 2.65. The molecule has 0 bridgehead atoms. The third kappa shape index (κ3) is 5.87. The first-order chi connectivity index (χ1) is 8.81. The molecule has 2 N–H and O–H groups in total. The molecule has 1 rings (SSSR count). The number of carbonyl (C=O) groups is 1. The lowest BCUT2D eigenvalue weighted by Gasteiger charge is -2.20. The van der Waals surface area contributed by atoms with Crippen molar-refractivity contribution in [1.82, 2.24) is 20.4 Å². The van der Waals surface area contributed by atoms with Crippen molar-refractivity contribution in [1.29, 1.82) is 0 Å². The fourth-order valence-corrected chi connectivity index (χ4v) is 1.86. The smallest absolute Gasteiger partial charge is 0.221 e. The fourth-order valence-electron chi connectivity index (χ4n) is 1.86. The fraction of sp³-hybridized carbons (Fsp3) is 0.714. The van der Waals surface area contributed by atoms with E-state index in [2.05, 4.69) is 43.4 Å². The molecule has 0 unspecified atom stereocenters. The van der Waals surface area contributed by atoms with Crippen molar-refractivity contribution in [3.05, 3.63) is 17.5 Å². The van der Waals surface area contributed by atoms with E-state index in [1.165, 1.54) is 0 Å². The van der Waals surface area contributed by atoms with Crippen molar-refractivity contribution >= 4 is 5.91 Å². The van der Waals surface area contributed by atoms with Crippen molar-refractivity contribution < 1.29 is 4.79 Å². The zero-order valence-electron chi connectivity index (χ0n) is 12.7. The molecule has 0 saturated heterocycles. The number of nitrogens with zero attached hydrogens (tertiary/aromatic N) is 2. The quantitative estimate of drug-likeness (QED) is 0.818. The van der Waals surface area contributed by atoms with Crippen LogP contribution in [0.2, 0.25) is 0 Å². The minimum absolute atomic E-state index is 0.0546. The van der Waals surface area contributed by atoms with Crippen LogP contribution in [0.5, 0.6) is 0 Å². The lowest BCUT2D eigenvalue weighted by atomic mass is 10.1. The zero-order chi connectivity index (χ0) is 14.5. The first-order valence-electron chi connectivity index (χ1n) is 6.85. The van der Waals surface area contributed by atoms with Gasteiger partial charge < -0.3 is 10.6 Å². The van der Waals surface area contributed by atoms with Gasteiger partial charge >= 0.3 is 0 Å². The molecule has 1 heterocycles. The Morgan fingerprint density at radius 3 is 2.68 bits per heavy atom. The molecular formula is C14H26N4O. The van der Waals surface area contributed by atoms with Crippen molar-refractivity contribution in [2.24, 2.45) is 7.05 Å². The Morgan fingerprint density at radius 1 is 1.42 bits per heavy atom. The van der Waals surface area contributed by atoms with Gasteiger partial charge in [0.25, 0.3) is 0 Å². The molecule has 1 aromatic rings. The molecule has 5 nitrogen and oxygen atoms in total. The summed E-state index contributed by atoms with van der Waals surface area (Å²) in [5.74, 6) is 0.0719. The standard InChI is InChI=1S/C14H26N4O/c1-6-12-11(10-18(5)17-12)9-15-13(19)7-8-16-14(2,3)4/h10,16H,6-9H2,1-5H3,(H,15,19). The Bertz CT molecular complexity index is 418. The zero-order valence-corrected chi connectivity index (χ0v) is 12.7. The number of rotatable bonds is 6. The molecule has 5 heteroatoms. The highest BCUT2D eigenvalue weighted by atomic mass is 16.1. The maximum atomic E-state index is 11.7. The van der Waals surface area contributed by atoms with Crippen molar-refractivity contribution in [2.45, 2.75) is 52.6 Å². The van der Waals surface area contributed by atoms with Crippen LogP contribution in [0.4, 0.5) is 0 Å². The summed E-state index contributed by atoms with van der Waals surface area (Å²) >= 11 is 0. The van der Waals surface area contributed by atoms with Crippen LogP contribution in [0.1, 0.15) is 45.4 Å². The minimum Gasteiger partial charge on any atom is -0.352 e. The Labute approximate surface area is 115 Å². The van der Waals surface area contributed by atoms with E-state index in [-0.39, 0.29) is 11.4 Å². The van der Waals surface area contributed by atoms with Crippen molar-refractivity contribution in [3.8, 4) is 0 Å². The summed E-state index contributed by atoms with van der Waals surface area (Å²) in [6, 6.07) is 0. The first kappa shape index (κ1) is 15.7. The van der Waals surface area contributed by atoms with Crippen LogP contribution in [0, 0.1) is 0 Å². The second-order valence-electron chi connectivity index (χ2n) is 5.83. The second-order valence-corrected chi connectivity index (χ2v) is 5.83. The maximum absolute atomic E-state index is 11.7. The Kier molecular flexibility index (Phi) is 5.54. The predicted molar refractivity (Wildman–Crippen MR) is 76.8 cm³/mol. The van der Waals surface area contributed by atoms with Gasteiger partial charge in [-0.05, 0) is 27.2 Å². The molecule has 0 atom stereocenters. The van der Waals surface area contributed by atoms with Gasteiger partial charge in [-0.15, -0.1) is 0 Å². The van der Waals surface area contributed by atoms with Gasteiger partial charge in [-0.3, -0.25) is 9.48 Å². The molecule has 0 spiro atoms.